The molecule has 0 unspecified atom stereocenters. The number of benzene rings is 2. The minimum absolute atomic E-state index is 0.106. The minimum Gasteiger partial charge on any atom is -0.495 e. The van der Waals surface area contributed by atoms with Crippen LogP contribution in [0.15, 0.2) is 48.5 Å². The van der Waals surface area contributed by atoms with Crippen molar-refractivity contribution in [1.29, 1.82) is 0 Å². The Morgan fingerprint density at radius 1 is 0.955 bits per heavy atom. The summed E-state index contributed by atoms with van der Waals surface area (Å²) in [7, 11) is 1.62. The molecule has 0 aromatic heterocycles. The number of amides is 1. The average Bonchev–Trinajstić information content (AvgIpc) is 2.46. The van der Waals surface area contributed by atoms with Gasteiger partial charge in [0.15, 0.2) is 0 Å². The number of carbonyl (C=O) groups excluding carboxylic acids is 1. The van der Waals surface area contributed by atoms with E-state index in [4.69, 9.17) is 4.74 Å². The zero-order valence-electron chi connectivity index (χ0n) is 13.4. The van der Waals surface area contributed by atoms with Crippen LogP contribution in [0.2, 0.25) is 0 Å². The first-order chi connectivity index (χ1) is 10.4. The van der Waals surface area contributed by atoms with Crippen molar-refractivity contribution in [2.24, 2.45) is 0 Å². The molecule has 22 heavy (non-hydrogen) atoms. The monoisotopic (exact) mass is 298 g/mol. The number of anilines is 2. The van der Waals surface area contributed by atoms with E-state index in [0.717, 1.165) is 17.1 Å². The first-order valence-electron chi connectivity index (χ1n) is 7.22. The van der Waals surface area contributed by atoms with Crippen molar-refractivity contribution in [2.75, 3.05) is 12.4 Å². The SMILES string of the molecule is COc1ccccc1Nc1ccccc1C(=O)NC(C)(C)C. The van der Waals surface area contributed by atoms with Gasteiger partial charge in [-0.05, 0) is 45.0 Å². The zero-order valence-corrected chi connectivity index (χ0v) is 13.4. The van der Waals surface area contributed by atoms with Gasteiger partial charge in [-0.3, -0.25) is 4.79 Å². The van der Waals surface area contributed by atoms with Gasteiger partial charge in [-0.1, -0.05) is 24.3 Å². The Hall–Kier alpha value is -2.49. The summed E-state index contributed by atoms with van der Waals surface area (Å²) in [4.78, 5) is 12.4. The molecule has 0 bridgehead atoms. The first kappa shape index (κ1) is 15.9. The van der Waals surface area contributed by atoms with Crippen LogP contribution in [0.4, 0.5) is 11.4 Å². The Balaban J connectivity index is 2.31. The lowest BCUT2D eigenvalue weighted by Gasteiger charge is -2.22. The fraction of sp³-hybridized carbons (Fsp3) is 0.278. The zero-order chi connectivity index (χ0) is 16.2. The maximum Gasteiger partial charge on any atom is 0.253 e. The molecule has 0 atom stereocenters. The molecule has 2 rings (SSSR count). The third-order valence-corrected chi connectivity index (χ3v) is 3.04. The maximum absolute atomic E-state index is 12.4. The fourth-order valence-electron chi connectivity index (χ4n) is 2.09. The van der Waals surface area contributed by atoms with Crippen LogP contribution in [0, 0.1) is 0 Å². The number of nitrogens with one attached hydrogen (secondary N) is 2. The first-order valence-corrected chi connectivity index (χ1v) is 7.22. The molecule has 0 aliphatic rings. The molecule has 0 saturated heterocycles. The molecule has 0 saturated carbocycles. The number of hydrogen-bond donors (Lipinski definition) is 2. The number of methoxy groups -OCH3 is 1. The molecular weight excluding hydrogens is 276 g/mol. The van der Waals surface area contributed by atoms with Gasteiger partial charge in [0.2, 0.25) is 0 Å². The lowest BCUT2D eigenvalue weighted by Crippen LogP contribution is -2.40. The van der Waals surface area contributed by atoms with E-state index in [2.05, 4.69) is 10.6 Å². The highest BCUT2D eigenvalue weighted by molar-refractivity contribution is 6.00. The second-order valence-electron chi connectivity index (χ2n) is 6.07. The van der Waals surface area contributed by atoms with Crippen LogP contribution in [0.3, 0.4) is 0 Å². The molecule has 2 N–H and O–H groups in total. The van der Waals surface area contributed by atoms with Gasteiger partial charge in [0.25, 0.3) is 5.91 Å². The molecule has 2 aromatic carbocycles. The van der Waals surface area contributed by atoms with Crippen LogP contribution < -0.4 is 15.4 Å². The quantitative estimate of drug-likeness (QED) is 0.898. The van der Waals surface area contributed by atoms with Crippen molar-refractivity contribution in [3.63, 3.8) is 0 Å². The molecule has 0 aliphatic heterocycles. The maximum atomic E-state index is 12.4. The Labute approximate surface area is 131 Å². The minimum atomic E-state index is -0.283. The van der Waals surface area contributed by atoms with E-state index < -0.39 is 0 Å². The van der Waals surface area contributed by atoms with Crippen molar-refractivity contribution >= 4 is 17.3 Å². The highest BCUT2D eigenvalue weighted by Crippen LogP contribution is 2.28. The number of ether oxygens (including phenoxy) is 1. The molecule has 0 heterocycles. The van der Waals surface area contributed by atoms with Gasteiger partial charge in [-0.25, -0.2) is 0 Å². The van der Waals surface area contributed by atoms with Gasteiger partial charge in [0.1, 0.15) is 5.75 Å². The summed E-state index contributed by atoms with van der Waals surface area (Å²) in [5.74, 6) is 0.624. The van der Waals surface area contributed by atoms with Crippen molar-refractivity contribution in [2.45, 2.75) is 26.3 Å². The summed E-state index contributed by atoms with van der Waals surface area (Å²) in [5, 5.41) is 6.25. The molecule has 1 amide bonds. The third-order valence-electron chi connectivity index (χ3n) is 3.04. The summed E-state index contributed by atoms with van der Waals surface area (Å²) in [6.45, 7) is 5.88. The Morgan fingerprint density at radius 3 is 2.18 bits per heavy atom. The van der Waals surface area contributed by atoms with Crippen molar-refractivity contribution < 1.29 is 9.53 Å². The predicted octanol–water partition coefficient (Wildman–Crippen LogP) is 3.97. The van der Waals surface area contributed by atoms with Gasteiger partial charge < -0.3 is 15.4 Å². The van der Waals surface area contributed by atoms with Crippen LogP contribution in [0.5, 0.6) is 5.75 Å². The molecule has 116 valence electrons. The predicted molar refractivity (Wildman–Crippen MR) is 89.9 cm³/mol. The number of para-hydroxylation sites is 3. The largest absolute Gasteiger partial charge is 0.495 e. The summed E-state index contributed by atoms with van der Waals surface area (Å²) in [6.07, 6.45) is 0. The molecule has 0 fully saturated rings. The van der Waals surface area contributed by atoms with E-state index >= 15 is 0 Å². The highest BCUT2D eigenvalue weighted by Gasteiger charge is 2.18. The Bertz CT molecular complexity index is 660. The highest BCUT2D eigenvalue weighted by atomic mass is 16.5. The molecule has 2 aromatic rings. The van der Waals surface area contributed by atoms with Crippen LogP contribution in [0.1, 0.15) is 31.1 Å². The number of hydrogen-bond acceptors (Lipinski definition) is 3. The van der Waals surface area contributed by atoms with Crippen molar-refractivity contribution in [1.82, 2.24) is 5.32 Å². The van der Waals surface area contributed by atoms with E-state index in [1.807, 2.05) is 63.2 Å². The molecule has 0 radical (unpaired) electrons. The van der Waals surface area contributed by atoms with Gasteiger partial charge in [0.05, 0.1) is 24.0 Å². The number of rotatable bonds is 4. The summed E-state index contributed by atoms with van der Waals surface area (Å²) >= 11 is 0. The number of carbonyl (C=O) groups is 1. The second kappa shape index (κ2) is 6.52. The molecule has 4 heteroatoms. The average molecular weight is 298 g/mol. The summed E-state index contributed by atoms with van der Waals surface area (Å²) in [5.41, 5.74) is 1.88. The standard InChI is InChI=1S/C18H22N2O2/c1-18(2,3)20-17(21)13-9-5-6-10-14(13)19-15-11-7-8-12-16(15)22-4/h5-12,19H,1-4H3,(H,20,21). The van der Waals surface area contributed by atoms with E-state index in [1.165, 1.54) is 0 Å². The second-order valence-corrected chi connectivity index (χ2v) is 6.07. The summed E-state index contributed by atoms with van der Waals surface area (Å²) in [6, 6.07) is 15.0. The van der Waals surface area contributed by atoms with Crippen LogP contribution in [-0.2, 0) is 0 Å². The topological polar surface area (TPSA) is 50.4 Å². The Morgan fingerprint density at radius 2 is 1.55 bits per heavy atom. The van der Waals surface area contributed by atoms with Crippen LogP contribution in [0.25, 0.3) is 0 Å². The third kappa shape index (κ3) is 4.01. The fourth-order valence-corrected chi connectivity index (χ4v) is 2.09. The van der Waals surface area contributed by atoms with E-state index in [-0.39, 0.29) is 11.4 Å². The van der Waals surface area contributed by atoms with E-state index in [1.54, 1.807) is 13.2 Å². The van der Waals surface area contributed by atoms with Crippen LogP contribution >= 0.6 is 0 Å². The van der Waals surface area contributed by atoms with Crippen LogP contribution in [-0.4, -0.2) is 18.6 Å². The van der Waals surface area contributed by atoms with Gasteiger partial charge in [0, 0.05) is 5.54 Å². The van der Waals surface area contributed by atoms with Crippen molar-refractivity contribution in [3.05, 3.63) is 54.1 Å². The van der Waals surface area contributed by atoms with Gasteiger partial charge >= 0.3 is 0 Å². The van der Waals surface area contributed by atoms with E-state index in [9.17, 15) is 4.79 Å². The molecule has 0 spiro atoms. The Kier molecular flexibility index (Phi) is 4.71. The lowest BCUT2D eigenvalue weighted by molar-refractivity contribution is 0.0920. The van der Waals surface area contributed by atoms with E-state index in [0.29, 0.717) is 5.56 Å². The van der Waals surface area contributed by atoms with Gasteiger partial charge in [-0.2, -0.15) is 0 Å². The summed E-state index contributed by atoms with van der Waals surface area (Å²) < 4.78 is 5.34. The molecular formula is C18H22N2O2. The molecule has 0 aliphatic carbocycles. The normalized spacial score (nSPS) is 10.9. The molecule has 4 nitrogen and oxygen atoms in total. The van der Waals surface area contributed by atoms with Gasteiger partial charge in [-0.15, -0.1) is 0 Å². The lowest BCUT2D eigenvalue weighted by atomic mass is 10.1. The smallest absolute Gasteiger partial charge is 0.253 e. The van der Waals surface area contributed by atoms with Crippen molar-refractivity contribution in [3.8, 4) is 5.75 Å².